The van der Waals surface area contributed by atoms with E-state index in [0.717, 1.165) is 42.5 Å². The number of thiazole rings is 1. The molecule has 1 aromatic heterocycles. The normalized spacial score (nSPS) is 11.5. The van der Waals surface area contributed by atoms with Gasteiger partial charge in [0.2, 0.25) is 0 Å². The number of nitrogens with one attached hydrogen (secondary N) is 2. The van der Waals surface area contributed by atoms with Crippen molar-refractivity contribution in [2.24, 2.45) is 4.99 Å². The minimum Gasteiger partial charge on any atom is -0.357 e. The van der Waals surface area contributed by atoms with Crippen LogP contribution in [0.2, 0.25) is 5.02 Å². The van der Waals surface area contributed by atoms with E-state index in [2.05, 4.69) is 34.5 Å². The number of benzene rings is 1. The van der Waals surface area contributed by atoms with Gasteiger partial charge in [0.25, 0.3) is 0 Å². The van der Waals surface area contributed by atoms with Crippen LogP contribution in [0.15, 0.2) is 35.5 Å². The Kier molecular flexibility index (Phi) is 7.36. The Morgan fingerprint density at radius 3 is 2.65 bits per heavy atom. The van der Waals surface area contributed by atoms with Gasteiger partial charge in [-0.05, 0) is 31.0 Å². The molecule has 0 aliphatic rings. The van der Waals surface area contributed by atoms with Crippen LogP contribution in [-0.2, 0) is 19.4 Å². The third-order valence-corrected chi connectivity index (χ3v) is 4.71. The van der Waals surface area contributed by atoms with Gasteiger partial charge in [-0.2, -0.15) is 0 Å². The Bertz CT molecular complexity index is 622. The molecular formula is C17H23ClN4S. The molecule has 0 saturated heterocycles. The second-order valence-corrected chi connectivity index (χ2v) is 6.71. The highest BCUT2D eigenvalue weighted by molar-refractivity contribution is 7.11. The van der Waals surface area contributed by atoms with Crippen LogP contribution in [0.25, 0.3) is 0 Å². The zero-order chi connectivity index (χ0) is 16.5. The zero-order valence-electron chi connectivity index (χ0n) is 13.6. The maximum absolute atomic E-state index is 5.90. The summed E-state index contributed by atoms with van der Waals surface area (Å²) in [7, 11) is 0. The standard InChI is InChI=1S/C17H23ClN4S/c1-3-15-12-21-16(23-15)9-10-20-17(19-4-2)22-11-13-5-7-14(18)8-6-13/h5-8,12H,3-4,9-11H2,1-2H3,(H2,19,20,22). The number of nitrogens with zero attached hydrogens (tertiary/aromatic N) is 2. The summed E-state index contributed by atoms with van der Waals surface area (Å²) in [5.41, 5.74) is 1.14. The van der Waals surface area contributed by atoms with E-state index in [4.69, 9.17) is 11.6 Å². The van der Waals surface area contributed by atoms with Crippen LogP contribution in [0.1, 0.15) is 29.3 Å². The number of rotatable bonds is 7. The fourth-order valence-corrected chi connectivity index (χ4v) is 3.00. The lowest BCUT2D eigenvalue weighted by Gasteiger charge is -2.10. The number of aliphatic imine (C=N–C) groups is 1. The van der Waals surface area contributed by atoms with Crippen LogP contribution in [-0.4, -0.2) is 24.0 Å². The minimum absolute atomic E-state index is 0.629. The van der Waals surface area contributed by atoms with Crippen molar-refractivity contribution in [1.82, 2.24) is 15.6 Å². The zero-order valence-corrected chi connectivity index (χ0v) is 15.2. The Balaban J connectivity index is 1.84. The molecule has 6 heteroatoms. The molecule has 1 aromatic carbocycles. The molecule has 0 radical (unpaired) electrons. The first-order chi connectivity index (χ1) is 11.2. The molecule has 0 unspecified atom stereocenters. The average Bonchev–Trinajstić information content (AvgIpc) is 3.02. The summed E-state index contributed by atoms with van der Waals surface area (Å²) in [6.07, 6.45) is 3.94. The molecule has 0 aliphatic heterocycles. The molecule has 0 aliphatic carbocycles. The fourth-order valence-electron chi connectivity index (χ4n) is 2.02. The number of hydrogen-bond donors (Lipinski definition) is 2. The molecule has 2 aromatic rings. The predicted molar refractivity (Wildman–Crippen MR) is 99.5 cm³/mol. The highest BCUT2D eigenvalue weighted by atomic mass is 35.5. The molecule has 2 N–H and O–H groups in total. The van der Waals surface area contributed by atoms with Crippen molar-refractivity contribution in [3.8, 4) is 0 Å². The molecule has 0 saturated carbocycles. The first-order valence-corrected chi connectivity index (χ1v) is 9.11. The topological polar surface area (TPSA) is 49.3 Å². The largest absolute Gasteiger partial charge is 0.357 e. The van der Waals surface area contributed by atoms with Gasteiger partial charge in [0.15, 0.2) is 5.96 Å². The maximum atomic E-state index is 5.90. The SMILES string of the molecule is CCNC(=NCc1ccc(Cl)cc1)NCCc1ncc(CC)s1. The molecule has 0 fully saturated rings. The van der Waals surface area contributed by atoms with Crippen LogP contribution in [0, 0.1) is 0 Å². The summed E-state index contributed by atoms with van der Waals surface area (Å²) in [4.78, 5) is 10.4. The second-order valence-electron chi connectivity index (χ2n) is 5.07. The molecule has 0 amide bonds. The van der Waals surface area contributed by atoms with E-state index in [1.807, 2.05) is 30.5 Å². The van der Waals surface area contributed by atoms with Crippen molar-refractivity contribution in [2.75, 3.05) is 13.1 Å². The third kappa shape index (κ3) is 6.20. The average molecular weight is 351 g/mol. The molecule has 0 bridgehead atoms. The number of guanidine groups is 1. The molecule has 23 heavy (non-hydrogen) atoms. The summed E-state index contributed by atoms with van der Waals surface area (Å²) in [6, 6.07) is 7.77. The van der Waals surface area contributed by atoms with Gasteiger partial charge in [-0.1, -0.05) is 30.7 Å². The summed E-state index contributed by atoms with van der Waals surface area (Å²) in [5.74, 6) is 0.828. The van der Waals surface area contributed by atoms with Crippen molar-refractivity contribution >= 4 is 28.9 Å². The van der Waals surface area contributed by atoms with Gasteiger partial charge in [-0.15, -0.1) is 11.3 Å². The van der Waals surface area contributed by atoms with Gasteiger partial charge < -0.3 is 10.6 Å². The maximum Gasteiger partial charge on any atom is 0.191 e. The van der Waals surface area contributed by atoms with E-state index >= 15 is 0 Å². The summed E-state index contributed by atoms with van der Waals surface area (Å²) in [5, 5.41) is 8.54. The lowest BCUT2D eigenvalue weighted by Crippen LogP contribution is -2.38. The predicted octanol–water partition coefficient (Wildman–Crippen LogP) is 3.66. The van der Waals surface area contributed by atoms with Crippen LogP contribution >= 0.6 is 22.9 Å². The van der Waals surface area contributed by atoms with Crippen molar-refractivity contribution in [3.63, 3.8) is 0 Å². The quantitative estimate of drug-likeness (QED) is 0.592. The molecule has 124 valence electrons. The van der Waals surface area contributed by atoms with Gasteiger partial charge in [-0.25, -0.2) is 9.98 Å². The number of hydrogen-bond acceptors (Lipinski definition) is 3. The highest BCUT2D eigenvalue weighted by Crippen LogP contribution is 2.13. The van der Waals surface area contributed by atoms with Crippen LogP contribution in [0.4, 0.5) is 0 Å². The Morgan fingerprint density at radius 1 is 1.22 bits per heavy atom. The Morgan fingerprint density at radius 2 is 2.00 bits per heavy atom. The molecule has 0 spiro atoms. The van der Waals surface area contributed by atoms with E-state index in [1.165, 1.54) is 9.88 Å². The minimum atomic E-state index is 0.629. The molecule has 2 rings (SSSR count). The summed E-state index contributed by atoms with van der Waals surface area (Å²) in [6.45, 7) is 6.51. The van der Waals surface area contributed by atoms with Crippen LogP contribution < -0.4 is 10.6 Å². The molecule has 1 heterocycles. The first-order valence-electron chi connectivity index (χ1n) is 7.91. The van der Waals surface area contributed by atoms with Crippen molar-refractivity contribution < 1.29 is 0 Å². The van der Waals surface area contributed by atoms with E-state index < -0.39 is 0 Å². The lowest BCUT2D eigenvalue weighted by molar-refractivity contribution is 0.796. The Labute approximate surface area is 147 Å². The Hall–Kier alpha value is -1.59. The number of aryl methyl sites for hydroxylation is 1. The van der Waals surface area contributed by atoms with Gasteiger partial charge in [0, 0.05) is 35.6 Å². The van der Waals surface area contributed by atoms with E-state index in [-0.39, 0.29) is 0 Å². The molecular weight excluding hydrogens is 328 g/mol. The van der Waals surface area contributed by atoms with Gasteiger partial charge in [0.05, 0.1) is 11.6 Å². The highest BCUT2D eigenvalue weighted by Gasteiger charge is 2.02. The van der Waals surface area contributed by atoms with Gasteiger partial charge in [0.1, 0.15) is 0 Å². The van der Waals surface area contributed by atoms with Crippen molar-refractivity contribution in [2.45, 2.75) is 33.2 Å². The monoisotopic (exact) mass is 350 g/mol. The number of aromatic nitrogens is 1. The van der Waals surface area contributed by atoms with Gasteiger partial charge >= 0.3 is 0 Å². The third-order valence-electron chi connectivity index (χ3n) is 3.26. The lowest BCUT2D eigenvalue weighted by atomic mass is 10.2. The fraction of sp³-hybridized carbons (Fsp3) is 0.412. The molecule has 0 atom stereocenters. The van der Waals surface area contributed by atoms with Gasteiger partial charge in [-0.3, -0.25) is 0 Å². The summed E-state index contributed by atoms with van der Waals surface area (Å²) >= 11 is 7.68. The summed E-state index contributed by atoms with van der Waals surface area (Å²) < 4.78 is 0. The second kappa shape index (κ2) is 9.53. The van der Waals surface area contributed by atoms with Crippen LogP contribution in [0.5, 0.6) is 0 Å². The van der Waals surface area contributed by atoms with Crippen LogP contribution in [0.3, 0.4) is 0 Å². The molecule has 4 nitrogen and oxygen atoms in total. The van der Waals surface area contributed by atoms with Crippen molar-refractivity contribution in [3.05, 3.63) is 50.9 Å². The van der Waals surface area contributed by atoms with E-state index in [0.29, 0.717) is 6.54 Å². The number of halogens is 1. The first kappa shape index (κ1) is 17.8. The van der Waals surface area contributed by atoms with E-state index in [1.54, 1.807) is 11.3 Å². The van der Waals surface area contributed by atoms with Crippen molar-refractivity contribution in [1.29, 1.82) is 0 Å². The smallest absolute Gasteiger partial charge is 0.191 e. The van der Waals surface area contributed by atoms with E-state index in [9.17, 15) is 0 Å².